The summed E-state index contributed by atoms with van der Waals surface area (Å²) in [4.78, 5) is 23.7. The van der Waals surface area contributed by atoms with Gasteiger partial charge in [0.25, 0.3) is 5.91 Å². The fraction of sp³-hybridized carbons (Fsp3) is 0.174. The highest BCUT2D eigenvalue weighted by Gasteiger charge is 2.16. The van der Waals surface area contributed by atoms with E-state index in [0.717, 1.165) is 16.8 Å². The molecule has 146 valence electrons. The Bertz CT molecular complexity index is 1100. The molecule has 2 aromatic carbocycles. The number of ether oxygens (including phenoxy) is 1. The van der Waals surface area contributed by atoms with Crippen LogP contribution in [0.1, 0.15) is 41.3 Å². The maximum atomic E-state index is 12.0. The van der Waals surface area contributed by atoms with Crippen LogP contribution >= 0.6 is 0 Å². The molecule has 1 aromatic heterocycles. The normalized spacial score (nSPS) is 10.1. The molecule has 1 amide bonds. The molecule has 3 rings (SSSR count). The van der Waals surface area contributed by atoms with Gasteiger partial charge in [0.15, 0.2) is 5.75 Å². The predicted octanol–water partition coefficient (Wildman–Crippen LogP) is 3.29. The summed E-state index contributed by atoms with van der Waals surface area (Å²) in [5, 5.41) is 4.17. The first-order valence-corrected chi connectivity index (χ1v) is 9.23. The van der Waals surface area contributed by atoms with Crippen molar-refractivity contribution in [1.29, 1.82) is 0 Å². The molecule has 0 radical (unpaired) electrons. The van der Waals surface area contributed by atoms with E-state index in [1.165, 1.54) is 6.07 Å². The van der Waals surface area contributed by atoms with E-state index in [1.807, 2.05) is 44.3 Å². The van der Waals surface area contributed by atoms with Gasteiger partial charge in [-0.15, -0.1) is 0 Å². The Morgan fingerprint density at radius 1 is 1.10 bits per heavy atom. The lowest BCUT2D eigenvalue weighted by molar-refractivity contribution is -0.134. The third-order valence-corrected chi connectivity index (χ3v) is 4.29. The minimum Gasteiger partial charge on any atom is -0.424 e. The van der Waals surface area contributed by atoms with Crippen molar-refractivity contribution in [1.82, 2.24) is 9.78 Å². The average Bonchev–Trinajstić information content (AvgIpc) is 3.13. The van der Waals surface area contributed by atoms with Crippen LogP contribution in [0, 0.1) is 11.8 Å². The first-order chi connectivity index (χ1) is 14.0. The van der Waals surface area contributed by atoms with Gasteiger partial charge in [-0.3, -0.25) is 14.3 Å². The Morgan fingerprint density at radius 3 is 2.48 bits per heavy atom. The lowest BCUT2D eigenvalue weighted by atomic mass is 10.1. The molecule has 0 atom stereocenters. The predicted molar refractivity (Wildman–Crippen MR) is 110 cm³/mol. The Balaban J connectivity index is 1.91. The van der Waals surface area contributed by atoms with Gasteiger partial charge in [0.05, 0.1) is 16.8 Å². The van der Waals surface area contributed by atoms with E-state index >= 15 is 0 Å². The minimum atomic E-state index is -0.673. The van der Waals surface area contributed by atoms with Crippen LogP contribution in [0.2, 0.25) is 0 Å². The molecule has 0 fully saturated rings. The highest BCUT2D eigenvalue weighted by molar-refractivity contribution is 5.97. The molecule has 0 spiro atoms. The van der Waals surface area contributed by atoms with Crippen molar-refractivity contribution >= 4 is 11.9 Å². The summed E-state index contributed by atoms with van der Waals surface area (Å²) >= 11 is 0. The fourth-order valence-electron chi connectivity index (χ4n) is 2.83. The van der Waals surface area contributed by atoms with Crippen LogP contribution in [-0.2, 0) is 11.8 Å². The maximum absolute atomic E-state index is 12.0. The van der Waals surface area contributed by atoms with Crippen molar-refractivity contribution in [2.75, 3.05) is 0 Å². The number of nitrogens with two attached hydrogens (primary N) is 1. The topological polar surface area (TPSA) is 87.2 Å². The van der Waals surface area contributed by atoms with Gasteiger partial charge in [-0.25, -0.2) is 0 Å². The summed E-state index contributed by atoms with van der Waals surface area (Å²) in [6.07, 6.45) is 2.63. The monoisotopic (exact) mass is 387 g/mol. The van der Waals surface area contributed by atoms with E-state index in [4.69, 9.17) is 10.5 Å². The maximum Gasteiger partial charge on any atom is 0.311 e. The summed E-state index contributed by atoms with van der Waals surface area (Å²) in [5.41, 5.74) is 8.81. The fourth-order valence-corrected chi connectivity index (χ4v) is 2.83. The zero-order valence-electron chi connectivity index (χ0n) is 16.3. The number of benzene rings is 2. The van der Waals surface area contributed by atoms with Crippen molar-refractivity contribution < 1.29 is 14.3 Å². The largest absolute Gasteiger partial charge is 0.424 e. The number of primary amides is 1. The summed E-state index contributed by atoms with van der Waals surface area (Å²) < 4.78 is 7.19. The van der Waals surface area contributed by atoms with Crippen LogP contribution in [-0.4, -0.2) is 21.7 Å². The van der Waals surface area contributed by atoms with Crippen LogP contribution in [0.4, 0.5) is 0 Å². The van der Waals surface area contributed by atoms with Crippen molar-refractivity contribution in [3.63, 3.8) is 0 Å². The van der Waals surface area contributed by atoms with Gasteiger partial charge in [0.1, 0.15) is 0 Å². The Kier molecular flexibility index (Phi) is 6.10. The number of carbonyl (C=O) groups is 2. The molecule has 0 aliphatic rings. The molecular weight excluding hydrogens is 366 g/mol. The quantitative estimate of drug-likeness (QED) is 0.413. The number of rotatable bonds is 5. The van der Waals surface area contributed by atoms with Gasteiger partial charge in [0, 0.05) is 25.2 Å². The SMILES string of the molecule is CCCC(=O)Oc1c(C#Cc2ccc(-c3ccnn3C)cc2)cccc1C(N)=O. The minimum absolute atomic E-state index is 0.109. The number of hydrogen-bond acceptors (Lipinski definition) is 4. The number of nitrogens with zero attached hydrogens (tertiary/aromatic N) is 2. The number of amides is 1. The molecule has 6 heteroatoms. The van der Waals surface area contributed by atoms with Crippen LogP contribution in [0.25, 0.3) is 11.3 Å². The second kappa shape index (κ2) is 8.89. The summed E-state index contributed by atoms with van der Waals surface area (Å²) in [5.74, 6) is 5.04. The molecule has 3 aromatic rings. The smallest absolute Gasteiger partial charge is 0.311 e. The van der Waals surface area contributed by atoms with Gasteiger partial charge in [-0.05, 0) is 42.3 Å². The molecule has 0 aliphatic carbocycles. The Labute approximate surface area is 169 Å². The van der Waals surface area contributed by atoms with Gasteiger partial charge >= 0.3 is 5.97 Å². The van der Waals surface area contributed by atoms with E-state index in [-0.39, 0.29) is 17.7 Å². The van der Waals surface area contributed by atoms with E-state index in [9.17, 15) is 9.59 Å². The van der Waals surface area contributed by atoms with Gasteiger partial charge < -0.3 is 10.5 Å². The summed E-state index contributed by atoms with van der Waals surface area (Å²) in [6.45, 7) is 1.87. The third-order valence-electron chi connectivity index (χ3n) is 4.29. The van der Waals surface area contributed by atoms with Crippen molar-refractivity contribution in [2.45, 2.75) is 19.8 Å². The number of para-hydroxylation sites is 1. The molecule has 2 N–H and O–H groups in total. The van der Waals surface area contributed by atoms with Crippen molar-refractivity contribution in [2.24, 2.45) is 12.8 Å². The Morgan fingerprint density at radius 2 is 1.86 bits per heavy atom. The lowest BCUT2D eigenvalue weighted by Crippen LogP contribution is -2.16. The van der Waals surface area contributed by atoms with Crippen LogP contribution in [0.5, 0.6) is 5.75 Å². The number of aromatic nitrogens is 2. The highest BCUT2D eigenvalue weighted by Crippen LogP contribution is 2.24. The average molecular weight is 387 g/mol. The second-order valence-electron chi connectivity index (χ2n) is 6.44. The zero-order chi connectivity index (χ0) is 20.8. The lowest BCUT2D eigenvalue weighted by Gasteiger charge is -2.09. The van der Waals surface area contributed by atoms with E-state index in [2.05, 4.69) is 16.9 Å². The molecule has 0 saturated heterocycles. The summed E-state index contributed by atoms with van der Waals surface area (Å²) in [7, 11) is 1.89. The molecule has 0 aliphatic heterocycles. The van der Waals surface area contributed by atoms with Gasteiger partial charge in [0.2, 0.25) is 0 Å². The summed E-state index contributed by atoms with van der Waals surface area (Å²) in [6, 6.07) is 14.5. The molecule has 6 nitrogen and oxygen atoms in total. The molecule has 0 saturated carbocycles. The second-order valence-corrected chi connectivity index (χ2v) is 6.44. The number of hydrogen-bond donors (Lipinski definition) is 1. The first-order valence-electron chi connectivity index (χ1n) is 9.23. The first kappa shape index (κ1) is 19.9. The molecule has 0 unspecified atom stereocenters. The van der Waals surface area contributed by atoms with Gasteiger partial charge in [-0.2, -0.15) is 5.10 Å². The van der Waals surface area contributed by atoms with E-state index in [0.29, 0.717) is 12.0 Å². The number of carbonyl (C=O) groups excluding carboxylic acids is 2. The van der Waals surface area contributed by atoms with Crippen LogP contribution < -0.4 is 10.5 Å². The van der Waals surface area contributed by atoms with E-state index in [1.54, 1.807) is 23.0 Å². The zero-order valence-corrected chi connectivity index (χ0v) is 16.3. The third kappa shape index (κ3) is 4.71. The van der Waals surface area contributed by atoms with Crippen molar-refractivity contribution in [3.8, 4) is 28.8 Å². The Hall–Kier alpha value is -3.85. The van der Waals surface area contributed by atoms with Crippen LogP contribution in [0.15, 0.2) is 54.7 Å². The number of esters is 1. The molecule has 29 heavy (non-hydrogen) atoms. The number of aryl methyl sites for hydroxylation is 1. The standard InChI is InChI=1S/C23H21N3O3/c1-3-5-21(27)29-22-18(6-4-7-19(22)23(24)28)13-10-16-8-11-17(12-9-16)20-14-15-25-26(20)2/h4,6-9,11-12,14-15H,3,5H2,1-2H3,(H2,24,28). The molecule has 1 heterocycles. The highest BCUT2D eigenvalue weighted by atomic mass is 16.5. The van der Waals surface area contributed by atoms with Crippen LogP contribution in [0.3, 0.4) is 0 Å². The molecule has 0 bridgehead atoms. The van der Waals surface area contributed by atoms with E-state index < -0.39 is 11.9 Å². The molecular formula is C23H21N3O3. The van der Waals surface area contributed by atoms with Crippen molar-refractivity contribution in [3.05, 3.63) is 71.4 Å². The van der Waals surface area contributed by atoms with Gasteiger partial charge in [-0.1, -0.05) is 37.0 Å².